The Labute approximate surface area is 168 Å². The van der Waals surface area contributed by atoms with Crippen molar-refractivity contribution < 1.29 is 44.3 Å². The lowest BCUT2D eigenvalue weighted by molar-refractivity contribution is -0.138. The van der Waals surface area contributed by atoms with Gasteiger partial charge in [-0.1, -0.05) is 25.7 Å². The van der Waals surface area contributed by atoms with Gasteiger partial charge in [-0.25, -0.2) is 9.59 Å². The largest absolute Gasteiger partial charge is 0.481 e. The van der Waals surface area contributed by atoms with Crippen LogP contribution in [0.2, 0.25) is 0 Å². The van der Waals surface area contributed by atoms with Crippen LogP contribution in [0.15, 0.2) is 24.3 Å². The first-order chi connectivity index (χ1) is 13.8. The maximum atomic E-state index is 11.8. The standard InChI is InChI=1S/C18H22O7.C2H6O2/c19-15(20)7-5-3-1-2-4-6-8-16(21)25-18(24)14-11-9-13(10-12-14)17(22)23;3-1-2-4/h9-12H,1-8H2,(H,19,20)(H,22,23);3-4H,1-2H2. The van der Waals surface area contributed by atoms with Crippen LogP contribution in [0.1, 0.15) is 72.1 Å². The minimum absolute atomic E-state index is 0.0474. The van der Waals surface area contributed by atoms with E-state index in [9.17, 15) is 19.2 Å². The van der Waals surface area contributed by atoms with Crippen LogP contribution >= 0.6 is 0 Å². The molecule has 1 aromatic rings. The molecule has 0 atom stereocenters. The molecule has 1 rings (SSSR count). The van der Waals surface area contributed by atoms with Gasteiger partial charge in [0.25, 0.3) is 0 Å². The van der Waals surface area contributed by atoms with Crippen molar-refractivity contribution in [1.29, 1.82) is 0 Å². The van der Waals surface area contributed by atoms with E-state index < -0.39 is 23.9 Å². The van der Waals surface area contributed by atoms with Gasteiger partial charge in [-0.05, 0) is 37.1 Å². The predicted octanol–water partition coefficient (Wildman–Crippen LogP) is 2.24. The zero-order chi connectivity index (χ0) is 22.1. The second kappa shape index (κ2) is 16.2. The highest BCUT2D eigenvalue weighted by atomic mass is 16.6. The van der Waals surface area contributed by atoms with Crippen LogP contribution < -0.4 is 0 Å². The molecule has 162 valence electrons. The number of aliphatic hydroxyl groups is 2. The molecule has 0 saturated carbocycles. The number of aliphatic hydroxyl groups excluding tert-OH is 2. The second-order valence-electron chi connectivity index (χ2n) is 6.11. The van der Waals surface area contributed by atoms with Crippen molar-refractivity contribution in [3.05, 3.63) is 35.4 Å². The summed E-state index contributed by atoms with van der Waals surface area (Å²) in [6.07, 6.45) is 5.05. The summed E-state index contributed by atoms with van der Waals surface area (Å²) >= 11 is 0. The molecule has 9 heteroatoms. The number of carboxylic acid groups (broad SMARTS) is 2. The molecule has 0 saturated heterocycles. The summed E-state index contributed by atoms with van der Waals surface area (Å²) in [5, 5.41) is 32.5. The van der Waals surface area contributed by atoms with Gasteiger partial charge < -0.3 is 25.2 Å². The Bertz CT molecular complexity index is 636. The predicted molar refractivity (Wildman–Crippen MR) is 103 cm³/mol. The number of aromatic carboxylic acids is 1. The number of carboxylic acids is 2. The Balaban J connectivity index is 0.00000178. The number of unbranched alkanes of at least 4 members (excludes halogenated alkanes) is 5. The molecule has 0 amide bonds. The highest BCUT2D eigenvalue weighted by Gasteiger charge is 2.13. The average Bonchev–Trinajstić information content (AvgIpc) is 2.69. The lowest BCUT2D eigenvalue weighted by atomic mass is 10.1. The summed E-state index contributed by atoms with van der Waals surface area (Å²) in [6, 6.07) is 5.15. The van der Waals surface area contributed by atoms with Gasteiger partial charge in [0, 0.05) is 12.8 Å². The third kappa shape index (κ3) is 14.0. The van der Waals surface area contributed by atoms with Crippen LogP contribution in [0.25, 0.3) is 0 Å². The van der Waals surface area contributed by atoms with Crippen molar-refractivity contribution in [2.24, 2.45) is 0 Å². The topological polar surface area (TPSA) is 158 Å². The molecule has 0 aliphatic heterocycles. The molecule has 0 aliphatic rings. The number of esters is 2. The monoisotopic (exact) mass is 412 g/mol. The van der Waals surface area contributed by atoms with Gasteiger partial charge in [0.05, 0.1) is 24.3 Å². The van der Waals surface area contributed by atoms with E-state index in [1.807, 2.05) is 0 Å². The Hall–Kier alpha value is -2.78. The molecule has 0 heterocycles. The summed E-state index contributed by atoms with van der Waals surface area (Å²) in [7, 11) is 0. The van der Waals surface area contributed by atoms with Gasteiger partial charge in [0.2, 0.25) is 0 Å². The molecule has 4 N–H and O–H groups in total. The lowest BCUT2D eigenvalue weighted by Gasteiger charge is -2.04. The van der Waals surface area contributed by atoms with E-state index in [1.165, 1.54) is 24.3 Å². The number of benzene rings is 1. The maximum Gasteiger partial charge on any atom is 0.345 e. The number of rotatable bonds is 12. The van der Waals surface area contributed by atoms with Gasteiger partial charge >= 0.3 is 23.9 Å². The fourth-order valence-corrected chi connectivity index (χ4v) is 2.21. The van der Waals surface area contributed by atoms with Crippen LogP contribution in [0.3, 0.4) is 0 Å². The van der Waals surface area contributed by atoms with Gasteiger partial charge in [0.15, 0.2) is 0 Å². The first kappa shape index (κ1) is 26.2. The minimum Gasteiger partial charge on any atom is -0.481 e. The zero-order valence-electron chi connectivity index (χ0n) is 16.2. The van der Waals surface area contributed by atoms with E-state index in [0.29, 0.717) is 12.8 Å². The third-order valence-corrected chi connectivity index (χ3v) is 3.70. The minimum atomic E-state index is -1.10. The number of hydrogen-bond donors (Lipinski definition) is 4. The molecule has 29 heavy (non-hydrogen) atoms. The highest BCUT2D eigenvalue weighted by Crippen LogP contribution is 2.10. The Morgan fingerprint density at radius 1 is 0.690 bits per heavy atom. The molecule has 0 aliphatic carbocycles. The average molecular weight is 412 g/mol. The SMILES string of the molecule is O=C(O)CCCCCCCCC(=O)OC(=O)c1ccc(C(=O)O)cc1.OCCO. The smallest absolute Gasteiger partial charge is 0.345 e. The molecule has 9 nitrogen and oxygen atoms in total. The second-order valence-corrected chi connectivity index (χ2v) is 6.11. The number of aliphatic carboxylic acids is 1. The van der Waals surface area contributed by atoms with E-state index >= 15 is 0 Å². The van der Waals surface area contributed by atoms with Crippen molar-refractivity contribution >= 4 is 23.9 Å². The lowest BCUT2D eigenvalue weighted by Crippen LogP contribution is -2.12. The quantitative estimate of drug-likeness (QED) is 0.229. The highest BCUT2D eigenvalue weighted by molar-refractivity contribution is 5.97. The summed E-state index contributed by atoms with van der Waals surface area (Å²) in [5.74, 6) is -3.29. The summed E-state index contributed by atoms with van der Waals surface area (Å²) in [6.45, 7) is -0.250. The summed E-state index contributed by atoms with van der Waals surface area (Å²) < 4.78 is 4.72. The van der Waals surface area contributed by atoms with E-state index in [4.69, 9.17) is 25.2 Å². The molecule has 0 radical (unpaired) electrons. The van der Waals surface area contributed by atoms with E-state index in [0.717, 1.165) is 25.7 Å². The van der Waals surface area contributed by atoms with Gasteiger partial charge in [-0.15, -0.1) is 0 Å². The van der Waals surface area contributed by atoms with Crippen molar-refractivity contribution in [1.82, 2.24) is 0 Å². The fraction of sp³-hybridized carbons (Fsp3) is 0.500. The zero-order valence-corrected chi connectivity index (χ0v) is 16.2. The van der Waals surface area contributed by atoms with Crippen molar-refractivity contribution in [3.63, 3.8) is 0 Å². The molecule has 0 fully saturated rings. The van der Waals surface area contributed by atoms with Crippen LogP contribution in [-0.2, 0) is 14.3 Å². The molecule has 0 spiro atoms. The van der Waals surface area contributed by atoms with Crippen LogP contribution in [-0.4, -0.2) is 57.5 Å². The first-order valence-corrected chi connectivity index (χ1v) is 9.33. The number of ether oxygens (including phenoxy) is 1. The first-order valence-electron chi connectivity index (χ1n) is 9.33. The fourth-order valence-electron chi connectivity index (χ4n) is 2.21. The molecular weight excluding hydrogens is 384 g/mol. The molecule has 0 unspecified atom stereocenters. The maximum absolute atomic E-state index is 11.8. The Kier molecular flexibility index (Phi) is 14.6. The van der Waals surface area contributed by atoms with Gasteiger partial charge in [-0.3, -0.25) is 9.59 Å². The van der Waals surface area contributed by atoms with Crippen LogP contribution in [0, 0.1) is 0 Å². The van der Waals surface area contributed by atoms with Crippen LogP contribution in [0.5, 0.6) is 0 Å². The van der Waals surface area contributed by atoms with Crippen molar-refractivity contribution in [2.75, 3.05) is 13.2 Å². The summed E-state index contributed by atoms with van der Waals surface area (Å²) in [5.41, 5.74) is 0.169. The molecule has 1 aromatic carbocycles. The number of hydrogen-bond acceptors (Lipinski definition) is 7. The van der Waals surface area contributed by atoms with E-state index in [-0.39, 0.29) is 37.2 Å². The van der Waals surface area contributed by atoms with Crippen molar-refractivity contribution in [3.8, 4) is 0 Å². The number of carbonyl (C=O) groups excluding carboxylic acids is 2. The molecule has 0 bridgehead atoms. The van der Waals surface area contributed by atoms with Crippen LogP contribution in [0.4, 0.5) is 0 Å². The van der Waals surface area contributed by atoms with E-state index in [2.05, 4.69) is 0 Å². The Morgan fingerprint density at radius 2 is 1.14 bits per heavy atom. The van der Waals surface area contributed by atoms with Gasteiger partial charge in [0.1, 0.15) is 0 Å². The third-order valence-electron chi connectivity index (χ3n) is 3.70. The molecular formula is C20H28O9. The number of carbonyl (C=O) groups is 4. The molecule has 0 aromatic heterocycles. The summed E-state index contributed by atoms with van der Waals surface area (Å²) in [4.78, 5) is 44.4. The van der Waals surface area contributed by atoms with Crippen molar-refractivity contribution in [2.45, 2.75) is 51.4 Å². The van der Waals surface area contributed by atoms with Gasteiger partial charge in [-0.2, -0.15) is 0 Å². The Morgan fingerprint density at radius 3 is 1.59 bits per heavy atom. The normalized spacial score (nSPS) is 9.86. The van der Waals surface area contributed by atoms with E-state index in [1.54, 1.807) is 0 Å².